The molecule has 7 rings (SSSR count). The lowest BCUT2D eigenvalue weighted by Gasteiger charge is -2.25. The molecule has 7 aromatic carbocycles. The van der Waals surface area contributed by atoms with Crippen molar-refractivity contribution in [1.29, 1.82) is 0 Å². The van der Waals surface area contributed by atoms with Crippen LogP contribution in [0.1, 0.15) is 5.56 Å². The van der Waals surface area contributed by atoms with Crippen LogP contribution in [-0.2, 0) is 0 Å². The van der Waals surface area contributed by atoms with E-state index in [1.54, 1.807) is 0 Å². The molecule has 0 amide bonds. The second-order valence-electron chi connectivity index (χ2n) is 14.0. The zero-order valence-electron chi connectivity index (χ0n) is 31.8. The van der Waals surface area contributed by atoms with E-state index in [0.717, 1.165) is 0 Å². The minimum atomic E-state index is -1.95. The van der Waals surface area contributed by atoms with Crippen molar-refractivity contribution in [2.24, 2.45) is 0 Å². The van der Waals surface area contributed by atoms with Crippen molar-refractivity contribution in [1.82, 2.24) is 0 Å². The maximum absolute atomic E-state index is 12.1. The highest BCUT2D eigenvalue weighted by atomic mass is 16.4. The molecule has 0 radical (unpaired) electrons. The average Bonchev–Trinajstić information content (AvgIpc) is 3.27. The van der Waals surface area contributed by atoms with Gasteiger partial charge in [0.2, 0.25) is 34.5 Å². The Labute approximate surface area is 359 Å². The number of phenolic OH excluding ortho intramolecular Hbond substituents is 23. The van der Waals surface area contributed by atoms with E-state index in [9.17, 15) is 133 Å². The van der Waals surface area contributed by atoms with Gasteiger partial charge in [0.1, 0.15) is 17.2 Å². The summed E-state index contributed by atoms with van der Waals surface area (Å²) in [5, 5.41) is 277. The molecule has 66 heavy (non-hydrogen) atoms. The Hall–Kier alpha value is -10.4. The minimum absolute atomic E-state index is 1.19. The fraction of sp³-hybridized carbons (Fsp3) is 0. The molecule has 0 saturated heterocycles. The highest BCUT2D eigenvalue weighted by molar-refractivity contribution is 6.23. The molecule has 26 heteroatoms. The Bertz CT molecular complexity index is 3470. The molecule has 0 fully saturated rings. The SMILES string of the molecule is C=C(O)/C(O)=C(/O)c1c(O)c(-c2c(O)c(O)c3c(O)c(O)c(O)c(O)c3c2O)c2c(O)c(O)c(O)c(O)c2c1-c1c(O)c(O)c(-c2c(O)c(O)c3c(O)c(O)c(O)c(O)c3c2O)c(O)c1O. The van der Waals surface area contributed by atoms with Crippen molar-refractivity contribution in [3.05, 3.63) is 23.7 Å². The molecule has 0 saturated carbocycles. The van der Waals surface area contributed by atoms with Gasteiger partial charge in [-0.25, -0.2) is 0 Å². The standard InChI is InChI=1S/C40H28O26/c1-2(41)16(42)22(48)7-3(8-23(49)27(53)13(28(54)24(8)50)10-19(45)12-15(30(56)26(10)52)34(60)40(66)38(64)32(12)58)4-5(21(47)36(62)35(61)20(4)46)6(17(7)43)9-18(44)11-14(29(55)25(9)51)33(59)39(65)37(63)31(11)57/h41-66H,1H2/b22-16-. The van der Waals surface area contributed by atoms with Gasteiger partial charge in [0.05, 0.1) is 49.4 Å². The van der Waals surface area contributed by atoms with Crippen LogP contribution in [0, 0.1) is 0 Å². The van der Waals surface area contributed by atoms with Crippen molar-refractivity contribution >= 4 is 38.1 Å². The highest BCUT2D eigenvalue weighted by Crippen LogP contribution is 2.68. The summed E-state index contributed by atoms with van der Waals surface area (Å²) >= 11 is 0. The van der Waals surface area contributed by atoms with Crippen molar-refractivity contribution in [2.45, 2.75) is 0 Å². The molecule has 0 aliphatic carbocycles. The molecule has 0 atom stereocenters. The maximum atomic E-state index is 12.1. The number of hydrogen-bond acceptors (Lipinski definition) is 26. The van der Waals surface area contributed by atoms with E-state index in [-0.39, 0.29) is 0 Å². The first-order valence-corrected chi connectivity index (χ1v) is 17.4. The molecule has 344 valence electrons. The monoisotopic (exact) mass is 924 g/mol. The van der Waals surface area contributed by atoms with E-state index < -0.39 is 221 Å². The first-order chi connectivity index (χ1) is 30.6. The summed E-state index contributed by atoms with van der Waals surface area (Å²) in [6.07, 6.45) is 0. The third-order valence-corrected chi connectivity index (χ3v) is 10.6. The molecular weight excluding hydrogens is 896 g/mol. The van der Waals surface area contributed by atoms with E-state index in [4.69, 9.17) is 0 Å². The van der Waals surface area contributed by atoms with E-state index in [2.05, 4.69) is 6.58 Å². The Morgan fingerprint density at radius 1 is 0.212 bits per heavy atom. The predicted molar refractivity (Wildman–Crippen MR) is 218 cm³/mol. The van der Waals surface area contributed by atoms with Crippen LogP contribution in [-0.4, -0.2) is 133 Å². The summed E-state index contributed by atoms with van der Waals surface area (Å²) in [4.78, 5) is 0. The lowest BCUT2D eigenvalue weighted by molar-refractivity contribution is 0.315. The van der Waals surface area contributed by atoms with Gasteiger partial charge in [-0.15, -0.1) is 0 Å². The lowest BCUT2D eigenvalue weighted by atomic mass is 9.82. The van der Waals surface area contributed by atoms with E-state index in [1.165, 1.54) is 0 Å². The topological polar surface area (TPSA) is 526 Å². The minimum Gasteiger partial charge on any atom is -0.506 e. The lowest BCUT2D eigenvalue weighted by Crippen LogP contribution is -2.02. The smallest absolute Gasteiger partial charge is 0.205 e. The number of aliphatic hydroxyl groups is 3. The number of fused-ring (bicyclic) bond motifs is 3. The molecule has 26 nitrogen and oxygen atoms in total. The highest BCUT2D eigenvalue weighted by Gasteiger charge is 2.41. The van der Waals surface area contributed by atoms with Gasteiger partial charge in [0.25, 0.3) is 0 Å². The molecular formula is C40H28O26. The van der Waals surface area contributed by atoms with Gasteiger partial charge in [-0.1, -0.05) is 6.58 Å². The second kappa shape index (κ2) is 13.8. The summed E-state index contributed by atoms with van der Waals surface area (Å²) in [6.45, 7) is 2.94. The van der Waals surface area contributed by atoms with Crippen LogP contribution in [0.2, 0.25) is 0 Å². The van der Waals surface area contributed by atoms with Gasteiger partial charge < -0.3 is 133 Å². The van der Waals surface area contributed by atoms with E-state index in [0.29, 0.717) is 0 Å². The summed E-state index contributed by atoms with van der Waals surface area (Å²) in [7, 11) is 0. The van der Waals surface area contributed by atoms with E-state index >= 15 is 0 Å². The van der Waals surface area contributed by atoms with Crippen LogP contribution in [0.15, 0.2) is 18.1 Å². The molecule has 0 aliphatic rings. The Morgan fingerprint density at radius 2 is 0.424 bits per heavy atom. The molecule has 0 spiro atoms. The van der Waals surface area contributed by atoms with Gasteiger partial charge in [0, 0.05) is 21.9 Å². The number of aliphatic hydroxyl groups excluding tert-OH is 3. The van der Waals surface area contributed by atoms with Crippen molar-refractivity contribution in [3.63, 3.8) is 0 Å². The van der Waals surface area contributed by atoms with Gasteiger partial charge in [-0.3, -0.25) is 0 Å². The van der Waals surface area contributed by atoms with Crippen molar-refractivity contribution in [3.8, 4) is 166 Å². The molecule has 7 aromatic rings. The number of aromatic hydroxyl groups is 23. The molecule has 0 unspecified atom stereocenters. The van der Waals surface area contributed by atoms with Crippen LogP contribution < -0.4 is 0 Å². The van der Waals surface area contributed by atoms with E-state index in [1.807, 2.05) is 0 Å². The fourth-order valence-electron chi connectivity index (χ4n) is 7.56. The fourth-order valence-corrected chi connectivity index (χ4v) is 7.56. The molecule has 0 aromatic heterocycles. The number of phenols is 23. The first-order valence-electron chi connectivity index (χ1n) is 17.4. The zero-order valence-corrected chi connectivity index (χ0v) is 31.8. The third-order valence-electron chi connectivity index (χ3n) is 10.6. The average molecular weight is 925 g/mol. The Kier molecular flexibility index (Phi) is 9.14. The summed E-state index contributed by atoms with van der Waals surface area (Å²) in [5.74, 6) is -44.5. The van der Waals surface area contributed by atoms with Gasteiger partial charge in [-0.05, 0) is 0 Å². The number of benzene rings is 7. The van der Waals surface area contributed by atoms with Crippen LogP contribution in [0.3, 0.4) is 0 Å². The van der Waals surface area contributed by atoms with Crippen LogP contribution in [0.4, 0.5) is 0 Å². The predicted octanol–water partition coefficient (Wildman–Crippen LogP) is 4.23. The van der Waals surface area contributed by atoms with Crippen molar-refractivity contribution in [2.75, 3.05) is 0 Å². The Balaban J connectivity index is 1.78. The van der Waals surface area contributed by atoms with Crippen molar-refractivity contribution < 1.29 is 133 Å². The van der Waals surface area contributed by atoms with Gasteiger partial charge in [0.15, 0.2) is 97.8 Å². The van der Waals surface area contributed by atoms with Crippen LogP contribution in [0.25, 0.3) is 71.5 Å². The maximum Gasteiger partial charge on any atom is 0.205 e. The molecule has 0 bridgehead atoms. The molecule has 0 aliphatic heterocycles. The summed E-state index contributed by atoms with van der Waals surface area (Å²) in [6, 6.07) is 0. The number of rotatable bonds is 5. The van der Waals surface area contributed by atoms with Crippen LogP contribution in [0.5, 0.6) is 132 Å². The van der Waals surface area contributed by atoms with Crippen LogP contribution >= 0.6 is 0 Å². The Morgan fingerprint density at radius 3 is 0.742 bits per heavy atom. The number of hydrogen-bond donors (Lipinski definition) is 26. The normalized spacial score (nSPS) is 12.0. The molecule has 26 N–H and O–H groups in total. The molecule has 0 heterocycles. The zero-order chi connectivity index (χ0) is 49.5. The summed E-state index contributed by atoms with van der Waals surface area (Å²) in [5.41, 5.74) is -11.1. The van der Waals surface area contributed by atoms with Gasteiger partial charge in [-0.2, -0.15) is 0 Å². The first kappa shape index (κ1) is 43.7. The third kappa shape index (κ3) is 5.16. The second-order valence-corrected chi connectivity index (χ2v) is 14.0. The summed E-state index contributed by atoms with van der Waals surface area (Å²) < 4.78 is 0. The quantitative estimate of drug-likeness (QED) is 0.0497. The largest absolute Gasteiger partial charge is 0.506 e. The van der Waals surface area contributed by atoms with Gasteiger partial charge >= 0.3 is 0 Å².